The molecule has 0 aliphatic rings. The highest BCUT2D eigenvalue weighted by atomic mass is 31.2. The fourth-order valence-corrected chi connectivity index (χ4v) is 2.50. The first-order chi connectivity index (χ1) is 8.40. The molecule has 2 atom stereocenters. The van der Waals surface area contributed by atoms with E-state index in [0.717, 1.165) is 18.1 Å². The smallest absolute Gasteiger partial charge is 0.325 e. The lowest BCUT2D eigenvalue weighted by Crippen LogP contribution is -2.06. The maximum atomic E-state index is 12.1. The molecular formula is C12H21O4P2+. The Morgan fingerprint density at radius 2 is 1.83 bits per heavy atom. The molecule has 0 fully saturated rings. The maximum absolute atomic E-state index is 12.1. The van der Waals surface area contributed by atoms with Gasteiger partial charge in [-0.1, -0.05) is 31.5 Å². The van der Waals surface area contributed by atoms with Gasteiger partial charge in [0.2, 0.25) is 7.37 Å². The van der Waals surface area contributed by atoms with Crippen LogP contribution in [0.25, 0.3) is 0 Å². The Morgan fingerprint density at radius 3 is 2.28 bits per heavy atom. The highest BCUT2D eigenvalue weighted by Crippen LogP contribution is 2.41. The molecule has 1 N–H and O–H groups in total. The van der Waals surface area contributed by atoms with E-state index in [9.17, 15) is 4.57 Å². The first-order valence-electron chi connectivity index (χ1n) is 5.77. The Kier molecular flexibility index (Phi) is 9.13. The molecule has 0 bridgehead atoms. The molecule has 6 heteroatoms. The Labute approximate surface area is 110 Å². The molecule has 0 aliphatic carbocycles. The lowest BCUT2D eigenvalue weighted by atomic mass is 10.4. The number of unbranched alkanes of at least 4 members (excludes halogenated alkanes) is 1. The van der Waals surface area contributed by atoms with Crippen LogP contribution in [0.3, 0.4) is 0 Å². The Morgan fingerprint density at radius 1 is 1.33 bits per heavy atom. The molecule has 18 heavy (non-hydrogen) atoms. The van der Waals surface area contributed by atoms with Gasteiger partial charge < -0.3 is 4.52 Å². The van der Waals surface area contributed by atoms with Gasteiger partial charge >= 0.3 is 8.03 Å². The summed E-state index contributed by atoms with van der Waals surface area (Å²) in [6, 6.07) is 9.39. The minimum absolute atomic E-state index is 0.583. The van der Waals surface area contributed by atoms with Crippen LogP contribution in [0.4, 0.5) is 0 Å². The van der Waals surface area contributed by atoms with Crippen LogP contribution in [0.5, 0.6) is 0 Å². The van der Waals surface area contributed by atoms with Crippen molar-refractivity contribution in [2.45, 2.75) is 19.8 Å². The van der Waals surface area contributed by atoms with Gasteiger partial charge in [-0.15, -0.1) is 0 Å². The Bertz CT molecular complexity index is 388. The third-order valence-corrected chi connectivity index (χ3v) is 3.97. The zero-order chi connectivity index (χ0) is 14.0. The van der Waals surface area contributed by atoms with Crippen molar-refractivity contribution >= 4 is 20.7 Å². The van der Waals surface area contributed by atoms with Crippen molar-refractivity contribution in [2.24, 2.45) is 0 Å². The van der Waals surface area contributed by atoms with Gasteiger partial charge in [-0.2, -0.15) is 4.89 Å². The van der Waals surface area contributed by atoms with E-state index in [-0.39, 0.29) is 0 Å². The number of hydrogen-bond acceptors (Lipinski definition) is 3. The lowest BCUT2D eigenvalue weighted by molar-refractivity contribution is 0.316. The molecule has 0 aliphatic heterocycles. The molecule has 0 saturated carbocycles. The monoisotopic (exact) mass is 291 g/mol. The summed E-state index contributed by atoms with van der Waals surface area (Å²) in [5.74, 6) is 0. The summed E-state index contributed by atoms with van der Waals surface area (Å²) in [5.41, 5.74) is 0. The summed E-state index contributed by atoms with van der Waals surface area (Å²) < 4.78 is 26.6. The van der Waals surface area contributed by atoms with Gasteiger partial charge in [0, 0.05) is 12.0 Å². The molecule has 1 rings (SSSR count). The molecule has 2 unspecified atom stereocenters. The van der Waals surface area contributed by atoms with E-state index in [1.807, 2.05) is 30.3 Å². The molecule has 1 aromatic carbocycles. The van der Waals surface area contributed by atoms with E-state index in [0.29, 0.717) is 6.61 Å². The van der Waals surface area contributed by atoms with E-state index in [1.54, 1.807) is 6.66 Å². The highest BCUT2D eigenvalue weighted by molar-refractivity contribution is 7.66. The van der Waals surface area contributed by atoms with Crippen LogP contribution in [-0.4, -0.2) is 24.8 Å². The van der Waals surface area contributed by atoms with Crippen LogP contribution < -0.4 is 5.30 Å². The average Bonchev–Trinajstić information content (AvgIpc) is 2.30. The molecule has 4 nitrogen and oxygen atoms in total. The van der Waals surface area contributed by atoms with Crippen molar-refractivity contribution < 1.29 is 18.5 Å². The van der Waals surface area contributed by atoms with Crippen molar-refractivity contribution in [2.75, 3.05) is 19.9 Å². The van der Waals surface area contributed by atoms with Gasteiger partial charge in [0.05, 0.1) is 6.61 Å². The second-order valence-corrected chi connectivity index (χ2v) is 7.23. The predicted molar refractivity (Wildman–Crippen MR) is 76.2 cm³/mol. The third-order valence-electron chi connectivity index (χ3n) is 2.06. The topological polar surface area (TPSA) is 63.6 Å². The zero-order valence-corrected chi connectivity index (χ0v) is 12.9. The van der Waals surface area contributed by atoms with Gasteiger partial charge in [0.1, 0.15) is 0 Å². The van der Waals surface area contributed by atoms with Crippen molar-refractivity contribution in [3.05, 3.63) is 30.3 Å². The van der Waals surface area contributed by atoms with Crippen LogP contribution in [0, 0.1) is 0 Å². The summed E-state index contributed by atoms with van der Waals surface area (Å²) in [4.78, 5) is 7.56. The molecule has 102 valence electrons. The summed E-state index contributed by atoms with van der Waals surface area (Å²) in [5, 5.41) is 0.802. The average molecular weight is 291 g/mol. The summed E-state index contributed by atoms with van der Waals surface area (Å²) >= 11 is 0. The van der Waals surface area contributed by atoms with Gasteiger partial charge in [-0.3, -0.25) is 4.57 Å². The number of rotatable bonds is 5. The Hall–Kier alpha value is -0.530. The summed E-state index contributed by atoms with van der Waals surface area (Å²) in [7, 11) is -4.44. The zero-order valence-electron chi connectivity index (χ0n) is 11.1. The second-order valence-electron chi connectivity index (χ2n) is 3.83. The molecule has 0 saturated heterocycles. The quantitative estimate of drug-likeness (QED) is 0.667. The van der Waals surface area contributed by atoms with Crippen molar-refractivity contribution in [1.82, 2.24) is 0 Å². The molecule has 0 amide bonds. The van der Waals surface area contributed by atoms with Crippen LogP contribution in [0.15, 0.2) is 30.3 Å². The van der Waals surface area contributed by atoms with E-state index in [4.69, 9.17) is 14.0 Å². The van der Waals surface area contributed by atoms with Crippen molar-refractivity contribution in [3.63, 3.8) is 0 Å². The highest BCUT2D eigenvalue weighted by Gasteiger charge is 2.17. The van der Waals surface area contributed by atoms with Crippen LogP contribution in [0.2, 0.25) is 0 Å². The summed E-state index contributed by atoms with van der Waals surface area (Å²) in [6.07, 6.45) is 2.03. The summed E-state index contributed by atoms with van der Waals surface area (Å²) in [6.45, 7) is 5.58. The van der Waals surface area contributed by atoms with Gasteiger partial charge in [0.25, 0.3) is 0 Å². The second kappa shape index (κ2) is 9.41. The maximum Gasteiger partial charge on any atom is 0.502 e. The molecule has 0 heterocycles. The number of benzene rings is 1. The minimum Gasteiger partial charge on any atom is -0.325 e. The molecule has 1 aromatic rings. The standard InChI is InChI=1S/C11H17O2P.CH3O2P/c1-3-4-10-13-14(2,12)11-8-6-5-7-9-11;1-4(2)3/h5-9H,3-4,10H2,1-2H3;1H3/p+1. The van der Waals surface area contributed by atoms with E-state index >= 15 is 0 Å². The molecule has 0 aromatic heterocycles. The fraction of sp³-hybridized carbons (Fsp3) is 0.500. The van der Waals surface area contributed by atoms with Gasteiger partial charge in [-0.05, 0) is 23.1 Å². The largest absolute Gasteiger partial charge is 0.502 e. The fourth-order valence-electron chi connectivity index (χ4n) is 1.16. The van der Waals surface area contributed by atoms with E-state index in [1.165, 1.54) is 6.66 Å². The first kappa shape index (κ1) is 17.5. The normalized spacial score (nSPS) is 14.1. The molecule has 0 spiro atoms. The van der Waals surface area contributed by atoms with E-state index in [2.05, 4.69) is 6.92 Å². The lowest BCUT2D eigenvalue weighted by Gasteiger charge is -2.13. The predicted octanol–water partition coefficient (Wildman–Crippen LogP) is 3.39. The Balaban J connectivity index is 0.000000631. The van der Waals surface area contributed by atoms with Gasteiger partial charge in [-0.25, -0.2) is 0 Å². The molecular weight excluding hydrogens is 270 g/mol. The van der Waals surface area contributed by atoms with Crippen LogP contribution in [0.1, 0.15) is 19.8 Å². The molecule has 0 radical (unpaired) electrons. The van der Waals surface area contributed by atoms with Crippen LogP contribution in [-0.2, 0) is 13.7 Å². The SMILES string of the molecule is CCCCOP(C)(=O)c1ccccc1.C[P+](=O)O. The minimum atomic E-state index is -2.57. The van der Waals surface area contributed by atoms with Crippen molar-refractivity contribution in [1.29, 1.82) is 0 Å². The van der Waals surface area contributed by atoms with E-state index < -0.39 is 15.4 Å². The van der Waals surface area contributed by atoms with Crippen molar-refractivity contribution in [3.8, 4) is 0 Å². The van der Waals surface area contributed by atoms with Gasteiger partial charge in [0.15, 0.2) is 6.66 Å². The first-order valence-corrected chi connectivity index (χ1v) is 9.50. The number of hydrogen-bond donors (Lipinski definition) is 1. The van der Waals surface area contributed by atoms with Crippen LogP contribution >= 0.6 is 15.4 Å². The third kappa shape index (κ3) is 8.54.